The average Bonchev–Trinajstić information content (AvgIpc) is 3.60. The molecule has 0 N–H and O–H groups in total. The van der Waals surface area contributed by atoms with Gasteiger partial charge in [-0.2, -0.15) is 0 Å². The summed E-state index contributed by atoms with van der Waals surface area (Å²) < 4.78 is 4.93. The maximum absolute atomic E-state index is 2.52. The summed E-state index contributed by atoms with van der Waals surface area (Å²) in [6, 6.07) is 49.0. The molecule has 1 aliphatic rings. The molecule has 0 spiro atoms. The van der Waals surface area contributed by atoms with Crippen LogP contribution in [0.5, 0.6) is 0 Å². The van der Waals surface area contributed by atoms with Crippen molar-refractivity contribution in [2.24, 2.45) is 0 Å². The van der Waals surface area contributed by atoms with Crippen LogP contribution in [0.15, 0.2) is 133 Å². The zero-order valence-electron chi connectivity index (χ0n) is 23.1. The molecule has 0 saturated heterocycles. The van der Waals surface area contributed by atoms with Crippen molar-refractivity contribution in [3.05, 3.63) is 145 Å². The van der Waals surface area contributed by atoms with E-state index in [0.29, 0.717) is 0 Å². The molecule has 0 aliphatic heterocycles. The van der Waals surface area contributed by atoms with Crippen LogP contribution in [0, 0.1) is 0 Å². The molecular weight excluding hydrogens is 496 g/mol. The highest BCUT2D eigenvalue weighted by molar-refractivity contribution is 6.19. The summed E-state index contributed by atoms with van der Waals surface area (Å²) in [6.07, 6.45) is 0. The molecule has 0 fully saturated rings. The molecule has 41 heavy (non-hydrogen) atoms. The van der Waals surface area contributed by atoms with Gasteiger partial charge in [0.05, 0.1) is 27.8 Å². The quantitative estimate of drug-likeness (QED) is 0.213. The highest BCUT2D eigenvalue weighted by Gasteiger charge is 2.38. The van der Waals surface area contributed by atoms with Crippen molar-refractivity contribution in [1.82, 2.24) is 9.13 Å². The summed E-state index contributed by atoms with van der Waals surface area (Å²) in [6.45, 7) is 4.75. The number of nitrogens with zero attached hydrogens (tertiary/aromatic N) is 2. The third-order valence-corrected chi connectivity index (χ3v) is 9.28. The molecule has 6 aromatic carbocycles. The number of hydrogen-bond donors (Lipinski definition) is 0. The Hall–Kier alpha value is -5.08. The first-order valence-corrected chi connectivity index (χ1v) is 14.4. The molecule has 0 saturated carbocycles. The predicted octanol–water partition coefficient (Wildman–Crippen LogP) is 10.2. The van der Waals surface area contributed by atoms with Gasteiger partial charge < -0.3 is 9.13 Å². The van der Waals surface area contributed by atoms with E-state index in [-0.39, 0.29) is 5.41 Å². The molecule has 194 valence electrons. The summed E-state index contributed by atoms with van der Waals surface area (Å²) in [5.41, 5.74) is 12.8. The second-order valence-electron chi connectivity index (χ2n) is 11.8. The van der Waals surface area contributed by atoms with Gasteiger partial charge in [0.2, 0.25) is 0 Å². The second-order valence-corrected chi connectivity index (χ2v) is 11.8. The number of rotatable bonds is 2. The Bertz CT molecular complexity index is 2330. The topological polar surface area (TPSA) is 9.86 Å². The van der Waals surface area contributed by atoms with Crippen LogP contribution in [-0.2, 0) is 5.41 Å². The van der Waals surface area contributed by atoms with E-state index in [2.05, 4.69) is 156 Å². The summed E-state index contributed by atoms with van der Waals surface area (Å²) in [7, 11) is 0. The van der Waals surface area contributed by atoms with E-state index >= 15 is 0 Å². The van der Waals surface area contributed by atoms with E-state index < -0.39 is 0 Å². The third kappa shape index (κ3) is 2.92. The van der Waals surface area contributed by atoms with Gasteiger partial charge in [-0.15, -0.1) is 0 Å². The van der Waals surface area contributed by atoms with E-state index in [1.54, 1.807) is 0 Å². The molecular formula is C39H28N2. The summed E-state index contributed by atoms with van der Waals surface area (Å²) in [5, 5.41) is 5.10. The van der Waals surface area contributed by atoms with Crippen LogP contribution in [0.4, 0.5) is 0 Å². The smallest absolute Gasteiger partial charge is 0.0548 e. The normalized spacial score (nSPS) is 13.8. The van der Waals surface area contributed by atoms with Gasteiger partial charge in [-0.1, -0.05) is 105 Å². The van der Waals surface area contributed by atoms with Crippen molar-refractivity contribution in [3.63, 3.8) is 0 Å². The van der Waals surface area contributed by atoms with Gasteiger partial charge in [-0.05, 0) is 64.7 Å². The Balaban J connectivity index is 1.44. The van der Waals surface area contributed by atoms with Crippen molar-refractivity contribution in [2.45, 2.75) is 19.3 Å². The molecule has 0 atom stereocenters. The molecule has 8 aromatic rings. The lowest BCUT2D eigenvalue weighted by Crippen LogP contribution is -2.18. The maximum atomic E-state index is 2.52. The minimum Gasteiger partial charge on any atom is -0.309 e. The molecule has 2 heteroatoms. The highest BCUT2D eigenvalue weighted by Crippen LogP contribution is 2.52. The van der Waals surface area contributed by atoms with Gasteiger partial charge in [0, 0.05) is 32.6 Å². The fourth-order valence-electron chi connectivity index (χ4n) is 7.55. The van der Waals surface area contributed by atoms with E-state index in [4.69, 9.17) is 0 Å². The lowest BCUT2D eigenvalue weighted by Gasteiger charge is -2.25. The standard InChI is InChI=1S/C39H28N2/c1-39(2)32-19-9-6-15-26(32)29-18-12-22-35(38(29)39)41-34-21-11-8-17-28(34)31-23-36-30(24-37(31)41)27-16-7-10-20-33(27)40(36)25-13-4-3-5-14-25/h3-24H,1-2H3. The minimum absolute atomic E-state index is 0.104. The zero-order chi connectivity index (χ0) is 27.3. The largest absolute Gasteiger partial charge is 0.309 e. The van der Waals surface area contributed by atoms with E-state index in [1.807, 2.05) is 0 Å². The molecule has 2 heterocycles. The van der Waals surface area contributed by atoms with E-state index in [1.165, 1.54) is 77.2 Å². The van der Waals surface area contributed by atoms with Crippen molar-refractivity contribution < 1.29 is 0 Å². The zero-order valence-corrected chi connectivity index (χ0v) is 23.1. The van der Waals surface area contributed by atoms with Gasteiger partial charge in [-0.3, -0.25) is 0 Å². The van der Waals surface area contributed by atoms with Gasteiger partial charge in [0.25, 0.3) is 0 Å². The van der Waals surface area contributed by atoms with Crippen LogP contribution in [0.1, 0.15) is 25.0 Å². The number of para-hydroxylation sites is 3. The highest BCUT2D eigenvalue weighted by atomic mass is 15.0. The van der Waals surface area contributed by atoms with Gasteiger partial charge in [-0.25, -0.2) is 0 Å². The fourth-order valence-corrected chi connectivity index (χ4v) is 7.55. The van der Waals surface area contributed by atoms with Crippen molar-refractivity contribution in [2.75, 3.05) is 0 Å². The van der Waals surface area contributed by atoms with Crippen LogP contribution in [0.25, 0.3) is 66.1 Å². The summed E-state index contributed by atoms with van der Waals surface area (Å²) in [4.78, 5) is 0. The first-order chi connectivity index (χ1) is 20.1. The summed E-state index contributed by atoms with van der Waals surface area (Å²) >= 11 is 0. The first-order valence-electron chi connectivity index (χ1n) is 14.4. The molecule has 2 aromatic heterocycles. The lowest BCUT2D eigenvalue weighted by atomic mass is 9.81. The fraction of sp³-hybridized carbons (Fsp3) is 0.0769. The van der Waals surface area contributed by atoms with Crippen molar-refractivity contribution in [1.29, 1.82) is 0 Å². The van der Waals surface area contributed by atoms with Crippen LogP contribution in [0.3, 0.4) is 0 Å². The lowest BCUT2D eigenvalue weighted by molar-refractivity contribution is 0.656. The van der Waals surface area contributed by atoms with E-state index in [9.17, 15) is 0 Å². The van der Waals surface area contributed by atoms with Crippen LogP contribution < -0.4 is 0 Å². The number of aromatic nitrogens is 2. The molecule has 9 rings (SSSR count). The molecule has 0 radical (unpaired) electrons. The molecule has 2 nitrogen and oxygen atoms in total. The SMILES string of the molecule is CC1(C)c2ccccc2-c2cccc(-n3c4ccccc4c4cc5c(cc43)c3ccccc3n5-c3ccccc3)c21. The van der Waals surface area contributed by atoms with Crippen LogP contribution >= 0.6 is 0 Å². The molecule has 0 bridgehead atoms. The summed E-state index contributed by atoms with van der Waals surface area (Å²) in [5.74, 6) is 0. The average molecular weight is 525 g/mol. The molecule has 0 amide bonds. The predicted molar refractivity (Wildman–Crippen MR) is 173 cm³/mol. The Morgan fingerprint density at radius 2 is 1.00 bits per heavy atom. The molecule has 0 unspecified atom stereocenters. The van der Waals surface area contributed by atoms with Crippen molar-refractivity contribution >= 4 is 43.6 Å². The second kappa shape index (κ2) is 7.99. The van der Waals surface area contributed by atoms with Crippen LogP contribution in [0.2, 0.25) is 0 Å². The van der Waals surface area contributed by atoms with Crippen LogP contribution in [-0.4, -0.2) is 9.13 Å². The van der Waals surface area contributed by atoms with Crippen molar-refractivity contribution in [3.8, 4) is 22.5 Å². The molecule has 1 aliphatic carbocycles. The van der Waals surface area contributed by atoms with E-state index in [0.717, 1.165) is 0 Å². The number of hydrogen-bond acceptors (Lipinski definition) is 0. The number of fused-ring (bicyclic) bond motifs is 9. The number of benzene rings is 6. The van der Waals surface area contributed by atoms with Gasteiger partial charge in [0.15, 0.2) is 0 Å². The van der Waals surface area contributed by atoms with Gasteiger partial charge >= 0.3 is 0 Å². The Morgan fingerprint density at radius 3 is 1.73 bits per heavy atom. The third-order valence-electron chi connectivity index (χ3n) is 9.28. The van der Waals surface area contributed by atoms with Gasteiger partial charge in [0.1, 0.15) is 0 Å². The Labute approximate surface area is 238 Å². The maximum Gasteiger partial charge on any atom is 0.0548 e. The Morgan fingerprint density at radius 1 is 0.439 bits per heavy atom. The monoisotopic (exact) mass is 524 g/mol. The Kier molecular flexibility index (Phi) is 4.42. The first kappa shape index (κ1) is 22.7. The minimum atomic E-state index is -0.104.